The lowest BCUT2D eigenvalue weighted by Gasteiger charge is -2.15. The van der Waals surface area contributed by atoms with Gasteiger partial charge in [0.1, 0.15) is 5.82 Å². The normalized spacial score (nSPS) is 12.5. The van der Waals surface area contributed by atoms with Crippen molar-refractivity contribution in [1.29, 1.82) is 0 Å². The summed E-state index contributed by atoms with van der Waals surface area (Å²) in [6, 6.07) is 3.13. The van der Waals surface area contributed by atoms with E-state index in [0.29, 0.717) is 24.2 Å². The van der Waals surface area contributed by atoms with Gasteiger partial charge in [-0.15, -0.1) is 0 Å². The minimum absolute atomic E-state index is 0.286. The zero-order chi connectivity index (χ0) is 14.3. The van der Waals surface area contributed by atoms with E-state index < -0.39 is 6.10 Å². The Morgan fingerprint density at radius 1 is 1.47 bits per heavy atom. The Bertz CT molecular complexity index is 401. The number of hydrogen-bond acceptors (Lipinski definition) is 3. The molecule has 1 unspecified atom stereocenters. The molecule has 0 bridgehead atoms. The van der Waals surface area contributed by atoms with Crippen LogP contribution >= 0.6 is 15.9 Å². The monoisotopic (exact) mass is 333 g/mol. The molecule has 3 nitrogen and oxygen atoms in total. The molecular formula is C14H21BrFNO2. The van der Waals surface area contributed by atoms with Crippen LogP contribution in [0.2, 0.25) is 0 Å². The summed E-state index contributed by atoms with van der Waals surface area (Å²) in [5.41, 5.74) is 1.61. The first-order valence-corrected chi connectivity index (χ1v) is 7.29. The van der Waals surface area contributed by atoms with Crippen molar-refractivity contribution in [1.82, 2.24) is 0 Å². The molecule has 1 atom stereocenters. The molecule has 1 aromatic rings. The van der Waals surface area contributed by atoms with Gasteiger partial charge in [-0.25, -0.2) is 4.39 Å². The molecule has 2 N–H and O–H groups in total. The van der Waals surface area contributed by atoms with Gasteiger partial charge in [0, 0.05) is 18.8 Å². The van der Waals surface area contributed by atoms with Gasteiger partial charge in [0.15, 0.2) is 0 Å². The van der Waals surface area contributed by atoms with Gasteiger partial charge >= 0.3 is 0 Å². The summed E-state index contributed by atoms with van der Waals surface area (Å²) >= 11 is 3.14. The molecule has 0 spiro atoms. The second-order valence-electron chi connectivity index (χ2n) is 4.54. The molecule has 0 aliphatic rings. The van der Waals surface area contributed by atoms with Gasteiger partial charge in [-0.1, -0.05) is 13.3 Å². The SMILES string of the molecule is CCCCOCC(O)CNc1cc(Br)c(F)cc1C. The lowest BCUT2D eigenvalue weighted by atomic mass is 10.2. The average molecular weight is 334 g/mol. The maximum absolute atomic E-state index is 13.3. The fourth-order valence-corrected chi connectivity index (χ4v) is 1.93. The number of rotatable bonds is 8. The van der Waals surface area contributed by atoms with E-state index in [0.717, 1.165) is 24.1 Å². The molecule has 0 aromatic heterocycles. The molecule has 0 fully saturated rings. The zero-order valence-corrected chi connectivity index (χ0v) is 13.0. The van der Waals surface area contributed by atoms with Crippen LogP contribution < -0.4 is 5.32 Å². The third-order valence-electron chi connectivity index (χ3n) is 2.75. The Kier molecular flexibility index (Phi) is 7.34. The smallest absolute Gasteiger partial charge is 0.137 e. The number of nitrogens with one attached hydrogen (secondary N) is 1. The lowest BCUT2D eigenvalue weighted by Crippen LogP contribution is -2.25. The van der Waals surface area contributed by atoms with E-state index in [2.05, 4.69) is 28.2 Å². The topological polar surface area (TPSA) is 41.5 Å². The molecular weight excluding hydrogens is 313 g/mol. The quantitative estimate of drug-likeness (QED) is 0.715. The molecule has 5 heteroatoms. The van der Waals surface area contributed by atoms with Crippen LogP contribution in [-0.4, -0.2) is 31.0 Å². The number of aliphatic hydroxyl groups excluding tert-OH is 1. The Morgan fingerprint density at radius 2 is 2.21 bits per heavy atom. The minimum Gasteiger partial charge on any atom is -0.389 e. The van der Waals surface area contributed by atoms with Crippen molar-refractivity contribution in [2.45, 2.75) is 32.8 Å². The van der Waals surface area contributed by atoms with Crippen LogP contribution in [0, 0.1) is 12.7 Å². The highest BCUT2D eigenvalue weighted by molar-refractivity contribution is 9.10. The Balaban J connectivity index is 2.37. The van der Waals surface area contributed by atoms with Crippen LogP contribution in [0.15, 0.2) is 16.6 Å². The first kappa shape index (κ1) is 16.4. The van der Waals surface area contributed by atoms with Crippen molar-refractivity contribution < 1.29 is 14.2 Å². The van der Waals surface area contributed by atoms with Crippen LogP contribution in [0.4, 0.5) is 10.1 Å². The van der Waals surface area contributed by atoms with Crippen molar-refractivity contribution >= 4 is 21.6 Å². The van der Waals surface area contributed by atoms with E-state index in [1.807, 2.05) is 6.92 Å². The number of benzene rings is 1. The standard InChI is InChI=1S/C14H21BrFNO2/c1-3-4-5-19-9-11(18)8-17-14-7-12(15)13(16)6-10(14)2/h6-7,11,17-18H,3-5,8-9H2,1-2H3. The van der Waals surface area contributed by atoms with Gasteiger partial charge in [0.05, 0.1) is 17.2 Å². The van der Waals surface area contributed by atoms with Gasteiger partial charge < -0.3 is 15.2 Å². The molecule has 0 saturated carbocycles. The zero-order valence-electron chi connectivity index (χ0n) is 11.4. The molecule has 0 radical (unpaired) electrons. The largest absolute Gasteiger partial charge is 0.389 e. The number of halogens is 2. The Hall–Kier alpha value is -0.650. The highest BCUT2D eigenvalue weighted by Gasteiger charge is 2.08. The summed E-state index contributed by atoms with van der Waals surface area (Å²) in [5.74, 6) is -0.286. The summed E-state index contributed by atoms with van der Waals surface area (Å²) in [6.45, 7) is 5.28. The fourth-order valence-electron chi connectivity index (χ4n) is 1.59. The number of anilines is 1. The summed E-state index contributed by atoms with van der Waals surface area (Å²) in [4.78, 5) is 0. The molecule has 0 aliphatic carbocycles. The molecule has 0 saturated heterocycles. The highest BCUT2D eigenvalue weighted by atomic mass is 79.9. The molecule has 1 aromatic carbocycles. The van der Waals surface area contributed by atoms with E-state index in [4.69, 9.17) is 4.74 Å². The van der Waals surface area contributed by atoms with Crippen LogP contribution in [-0.2, 0) is 4.74 Å². The van der Waals surface area contributed by atoms with Crippen LogP contribution in [0.5, 0.6) is 0 Å². The van der Waals surface area contributed by atoms with E-state index in [9.17, 15) is 9.50 Å². The minimum atomic E-state index is -0.569. The summed E-state index contributed by atoms with van der Waals surface area (Å²) in [6.07, 6.45) is 1.52. The van der Waals surface area contributed by atoms with Crippen molar-refractivity contribution in [3.8, 4) is 0 Å². The van der Waals surface area contributed by atoms with Gasteiger partial charge in [0.2, 0.25) is 0 Å². The number of aliphatic hydroxyl groups is 1. The second-order valence-corrected chi connectivity index (χ2v) is 5.40. The second kappa shape index (κ2) is 8.51. The van der Waals surface area contributed by atoms with Crippen LogP contribution in [0.25, 0.3) is 0 Å². The van der Waals surface area contributed by atoms with E-state index in [1.165, 1.54) is 6.07 Å². The number of hydrogen-bond donors (Lipinski definition) is 2. The third-order valence-corrected chi connectivity index (χ3v) is 3.36. The van der Waals surface area contributed by atoms with Gasteiger partial charge in [0.25, 0.3) is 0 Å². The average Bonchev–Trinajstić information content (AvgIpc) is 2.37. The molecule has 19 heavy (non-hydrogen) atoms. The van der Waals surface area contributed by atoms with E-state index in [-0.39, 0.29) is 5.82 Å². The Labute approximate surface area is 122 Å². The molecule has 0 aliphatic heterocycles. The molecule has 1 rings (SSSR count). The number of aryl methyl sites for hydroxylation is 1. The van der Waals surface area contributed by atoms with Crippen molar-refractivity contribution in [3.05, 3.63) is 28.0 Å². The predicted octanol–water partition coefficient (Wildman–Crippen LogP) is 3.49. The summed E-state index contributed by atoms with van der Waals surface area (Å²) < 4.78 is 19.0. The number of ether oxygens (including phenoxy) is 1. The first-order chi connectivity index (χ1) is 9.04. The number of unbranched alkanes of at least 4 members (excludes halogenated alkanes) is 1. The summed E-state index contributed by atoms with van der Waals surface area (Å²) in [5, 5.41) is 12.8. The van der Waals surface area contributed by atoms with E-state index in [1.54, 1.807) is 6.07 Å². The summed E-state index contributed by atoms with van der Waals surface area (Å²) in [7, 11) is 0. The van der Waals surface area contributed by atoms with Crippen molar-refractivity contribution in [3.63, 3.8) is 0 Å². The van der Waals surface area contributed by atoms with Crippen LogP contribution in [0.1, 0.15) is 25.3 Å². The molecule has 0 amide bonds. The maximum Gasteiger partial charge on any atom is 0.137 e. The fraction of sp³-hybridized carbons (Fsp3) is 0.571. The van der Waals surface area contributed by atoms with Gasteiger partial charge in [-0.3, -0.25) is 0 Å². The van der Waals surface area contributed by atoms with Crippen molar-refractivity contribution in [2.75, 3.05) is 25.1 Å². The van der Waals surface area contributed by atoms with Crippen LogP contribution in [0.3, 0.4) is 0 Å². The van der Waals surface area contributed by atoms with E-state index >= 15 is 0 Å². The highest BCUT2D eigenvalue weighted by Crippen LogP contribution is 2.24. The third kappa shape index (κ3) is 5.89. The lowest BCUT2D eigenvalue weighted by molar-refractivity contribution is 0.0421. The van der Waals surface area contributed by atoms with Gasteiger partial charge in [-0.05, 0) is 47.0 Å². The predicted molar refractivity (Wildman–Crippen MR) is 79.1 cm³/mol. The first-order valence-electron chi connectivity index (χ1n) is 6.50. The van der Waals surface area contributed by atoms with Crippen molar-refractivity contribution in [2.24, 2.45) is 0 Å². The maximum atomic E-state index is 13.3. The Morgan fingerprint density at radius 3 is 2.89 bits per heavy atom. The molecule has 108 valence electrons. The molecule has 0 heterocycles. The van der Waals surface area contributed by atoms with Gasteiger partial charge in [-0.2, -0.15) is 0 Å².